The predicted octanol–water partition coefficient (Wildman–Crippen LogP) is 7.34. The van der Waals surface area contributed by atoms with Crippen molar-refractivity contribution in [1.29, 1.82) is 0 Å². The van der Waals surface area contributed by atoms with Crippen LogP contribution in [-0.4, -0.2) is 0 Å². The molecular weight excluding hydrogens is 345 g/mol. The Labute approximate surface area is 158 Å². The Morgan fingerprint density at radius 2 is 1.85 bits per heavy atom. The number of halogens is 3. The summed E-state index contributed by atoms with van der Waals surface area (Å²) in [7, 11) is 0. The van der Waals surface area contributed by atoms with Crippen LogP contribution in [0.3, 0.4) is 0 Å². The number of rotatable bonds is 4. The van der Waals surface area contributed by atoms with Crippen molar-refractivity contribution in [3.8, 4) is 11.8 Å². The van der Waals surface area contributed by atoms with Crippen LogP contribution in [0.2, 0.25) is 0 Å². The smallest absolute Gasteiger partial charge is 0.206 e. The first-order valence-corrected chi connectivity index (χ1v) is 9.45. The zero-order chi connectivity index (χ0) is 19.2. The summed E-state index contributed by atoms with van der Waals surface area (Å²) >= 11 is 0. The minimum atomic E-state index is -1.91. The molecule has 3 rings (SSSR count). The number of allylic oxidation sites excluding steroid dienone is 1. The molecule has 0 heterocycles. The second-order valence-electron chi connectivity index (χ2n) is 7.16. The van der Waals surface area contributed by atoms with Crippen LogP contribution in [0, 0.1) is 29.5 Å². The van der Waals surface area contributed by atoms with Gasteiger partial charge in [0.2, 0.25) is 0 Å². The predicted molar refractivity (Wildman–Crippen MR) is 106 cm³/mol. The molecule has 0 bridgehead atoms. The maximum Gasteiger partial charge on any atom is 0.271 e. The first kappa shape index (κ1) is 19.3. The van der Waals surface area contributed by atoms with E-state index in [1.54, 1.807) is 18.2 Å². The number of fused-ring (bicyclic) bond motifs is 1. The zero-order valence-corrected chi connectivity index (χ0v) is 15.3. The van der Waals surface area contributed by atoms with Crippen LogP contribution in [-0.2, 0) is 0 Å². The maximum atomic E-state index is 14.5. The lowest BCUT2D eigenvalue weighted by atomic mass is 9.80. The highest BCUT2D eigenvalue weighted by atomic mass is 19.3. The van der Waals surface area contributed by atoms with E-state index in [0.717, 1.165) is 30.7 Å². The highest BCUT2D eigenvalue weighted by molar-refractivity contribution is 5.90. The minimum Gasteiger partial charge on any atom is -0.206 e. The molecule has 0 aromatic heterocycles. The second kappa shape index (κ2) is 8.95. The van der Waals surface area contributed by atoms with E-state index in [4.69, 9.17) is 0 Å². The van der Waals surface area contributed by atoms with Gasteiger partial charge in [-0.3, -0.25) is 0 Å². The van der Waals surface area contributed by atoms with Gasteiger partial charge in [0, 0.05) is 33.9 Å². The lowest BCUT2D eigenvalue weighted by molar-refractivity contribution is 0.303. The molecule has 0 N–H and O–H groups in total. The quantitative estimate of drug-likeness (QED) is 0.391. The van der Waals surface area contributed by atoms with E-state index in [1.165, 1.54) is 25.3 Å². The fourth-order valence-corrected chi connectivity index (χ4v) is 3.80. The molecule has 1 saturated carbocycles. The van der Waals surface area contributed by atoms with Gasteiger partial charge in [0.15, 0.2) is 0 Å². The summed E-state index contributed by atoms with van der Waals surface area (Å²) in [5, 5.41) is 0.989. The van der Waals surface area contributed by atoms with Gasteiger partial charge in [-0.15, -0.1) is 6.58 Å². The van der Waals surface area contributed by atoms with Gasteiger partial charge in [-0.05, 0) is 50.5 Å². The fraction of sp³-hybridized carbons (Fsp3) is 0.333. The summed E-state index contributed by atoms with van der Waals surface area (Å²) in [5.74, 6) is 7.06. The number of hydrogen-bond donors (Lipinski definition) is 0. The molecule has 27 heavy (non-hydrogen) atoms. The topological polar surface area (TPSA) is 0 Å². The number of hydrogen-bond acceptors (Lipinski definition) is 0. The second-order valence-corrected chi connectivity index (χ2v) is 7.16. The van der Waals surface area contributed by atoms with Crippen molar-refractivity contribution in [3.63, 3.8) is 0 Å². The molecule has 140 valence electrons. The molecule has 1 aliphatic rings. The van der Waals surface area contributed by atoms with Gasteiger partial charge in [0.25, 0.3) is 6.08 Å². The van der Waals surface area contributed by atoms with E-state index in [0.29, 0.717) is 22.8 Å². The van der Waals surface area contributed by atoms with Crippen molar-refractivity contribution in [1.82, 2.24) is 0 Å². The lowest BCUT2D eigenvalue weighted by Gasteiger charge is -2.25. The molecular formula is C24H23F3. The van der Waals surface area contributed by atoms with Crippen LogP contribution >= 0.6 is 0 Å². The van der Waals surface area contributed by atoms with Gasteiger partial charge in [0.05, 0.1) is 0 Å². The van der Waals surface area contributed by atoms with Crippen molar-refractivity contribution in [2.45, 2.75) is 38.5 Å². The summed E-state index contributed by atoms with van der Waals surface area (Å²) in [4.78, 5) is 0. The highest BCUT2D eigenvalue weighted by Gasteiger charge is 2.19. The molecule has 0 aliphatic heterocycles. The SMILES string of the molecule is C=CCCC1CCC(C#Cc2cccc3c(F)c(C=C(F)F)ccc23)CC1. The third-order valence-electron chi connectivity index (χ3n) is 5.33. The largest absolute Gasteiger partial charge is 0.271 e. The lowest BCUT2D eigenvalue weighted by Crippen LogP contribution is -2.13. The number of benzene rings is 2. The Hall–Kier alpha value is -2.47. The third-order valence-corrected chi connectivity index (χ3v) is 5.33. The first-order valence-electron chi connectivity index (χ1n) is 9.45. The molecule has 1 aliphatic carbocycles. The van der Waals surface area contributed by atoms with E-state index < -0.39 is 11.9 Å². The Morgan fingerprint density at radius 3 is 2.56 bits per heavy atom. The molecule has 2 aromatic rings. The van der Waals surface area contributed by atoms with Crippen LogP contribution in [0.1, 0.15) is 49.7 Å². The summed E-state index contributed by atoms with van der Waals surface area (Å²) in [5.41, 5.74) is 0.641. The molecule has 0 unspecified atom stereocenters. The van der Waals surface area contributed by atoms with E-state index in [-0.39, 0.29) is 5.56 Å². The van der Waals surface area contributed by atoms with Crippen molar-refractivity contribution in [2.24, 2.45) is 11.8 Å². The zero-order valence-electron chi connectivity index (χ0n) is 15.3. The Kier molecular flexibility index (Phi) is 6.40. The molecule has 3 heteroatoms. The van der Waals surface area contributed by atoms with Crippen molar-refractivity contribution in [2.75, 3.05) is 0 Å². The van der Waals surface area contributed by atoms with Crippen LogP contribution in [0.15, 0.2) is 49.1 Å². The van der Waals surface area contributed by atoms with Crippen LogP contribution in [0.25, 0.3) is 16.8 Å². The van der Waals surface area contributed by atoms with E-state index in [2.05, 4.69) is 18.4 Å². The Balaban J connectivity index is 1.79. The Morgan fingerprint density at radius 1 is 1.07 bits per heavy atom. The summed E-state index contributed by atoms with van der Waals surface area (Å²) < 4.78 is 39.5. The fourth-order valence-electron chi connectivity index (χ4n) is 3.80. The van der Waals surface area contributed by atoms with Crippen molar-refractivity contribution < 1.29 is 13.2 Å². The van der Waals surface area contributed by atoms with Crippen LogP contribution in [0.4, 0.5) is 13.2 Å². The van der Waals surface area contributed by atoms with E-state index in [9.17, 15) is 13.2 Å². The summed E-state index contributed by atoms with van der Waals surface area (Å²) in [6, 6.07) is 8.24. The van der Waals surface area contributed by atoms with Crippen LogP contribution in [0.5, 0.6) is 0 Å². The van der Waals surface area contributed by atoms with E-state index >= 15 is 0 Å². The maximum absolute atomic E-state index is 14.5. The highest BCUT2D eigenvalue weighted by Crippen LogP contribution is 2.31. The molecule has 0 nitrogen and oxygen atoms in total. The molecule has 0 amide bonds. The molecule has 0 saturated heterocycles. The average molecular weight is 368 g/mol. The van der Waals surface area contributed by atoms with Crippen LogP contribution < -0.4 is 0 Å². The van der Waals surface area contributed by atoms with Gasteiger partial charge in [-0.2, -0.15) is 8.78 Å². The standard InChI is InChI=1S/C24H23F3/c1-2-3-5-17-8-10-18(11-9-17)12-13-19-6-4-7-22-21(19)15-14-20(24(22)27)16-23(25)26/h2,4,6-7,14-18H,1,3,5,8-11H2. The van der Waals surface area contributed by atoms with Gasteiger partial charge >= 0.3 is 0 Å². The van der Waals surface area contributed by atoms with Gasteiger partial charge in [0.1, 0.15) is 5.82 Å². The average Bonchev–Trinajstić information content (AvgIpc) is 2.67. The molecule has 2 aromatic carbocycles. The first-order chi connectivity index (χ1) is 13.1. The molecule has 1 fully saturated rings. The Bertz CT molecular complexity index is 902. The molecule has 0 spiro atoms. The molecule has 0 atom stereocenters. The van der Waals surface area contributed by atoms with Gasteiger partial charge < -0.3 is 0 Å². The minimum absolute atomic E-state index is 0.106. The summed E-state index contributed by atoms with van der Waals surface area (Å²) in [6.45, 7) is 3.78. The van der Waals surface area contributed by atoms with E-state index in [1.807, 2.05) is 12.1 Å². The van der Waals surface area contributed by atoms with Gasteiger partial charge in [-0.25, -0.2) is 4.39 Å². The van der Waals surface area contributed by atoms with Gasteiger partial charge in [-0.1, -0.05) is 42.2 Å². The monoisotopic (exact) mass is 368 g/mol. The molecule has 0 radical (unpaired) electrons. The van der Waals surface area contributed by atoms with Crippen molar-refractivity contribution in [3.05, 3.63) is 66.0 Å². The summed E-state index contributed by atoms with van der Waals surface area (Å²) in [6.07, 6.45) is 7.50. The normalized spacial score (nSPS) is 19.2. The third kappa shape index (κ3) is 4.83. The van der Waals surface area contributed by atoms with Crippen molar-refractivity contribution >= 4 is 16.8 Å².